The van der Waals surface area contributed by atoms with E-state index in [1.807, 2.05) is 13.2 Å². The van der Waals surface area contributed by atoms with Gasteiger partial charge in [0, 0.05) is 0 Å². The van der Waals surface area contributed by atoms with Crippen molar-refractivity contribution in [3.05, 3.63) is 0 Å². The normalized spacial score (nSPS) is 15.1. The van der Waals surface area contributed by atoms with Crippen LogP contribution >= 0.6 is 11.8 Å². The zero-order valence-corrected chi connectivity index (χ0v) is 16.7. The van der Waals surface area contributed by atoms with E-state index in [0.29, 0.717) is 12.2 Å². The van der Waals surface area contributed by atoms with Crippen molar-refractivity contribution in [3.63, 3.8) is 0 Å². The van der Waals surface area contributed by atoms with Crippen LogP contribution in [0.4, 0.5) is 0 Å². The summed E-state index contributed by atoms with van der Waals surface area (Å²) in [5.74, 6) is -2.76. The molecule has 156 valence electrons. The first-order valence-corrected chi connectivity index (χ1v) is 10.0. The molecule has 0 fully saturated rings. The van der Waals surface area contributed by atoms with Gasteiger partial charge in [0.25, 0.3) is 0 Å². The van der Waals surface area contributed by atoms with Crippen molar-refractivity contribution >= 4 is 35.5 Å². The van der Waals surface area contributed by atoms with E-state index in [1.54, 1.807) is 6.92 Å². The fourth-order valence-corrected chi connectivity index (χ4v) is 2.51. The third kappa shape index (κ3) is 9.59. The van der Waals surface area contributed by atoms with Crippen molar-refractivity contribution in [2.75, 3.05) is 25.2 Å². The number of nitrogens with two attached hydrogens (primary N) is 1. The number of thioether (sulfide) groups is 1. The van der Waals surface area contributed by atoms with E-state index in [2.05, 4.69) is 16.0 Å². The lowest BCUT2D eigenvalue weighted by molar-refractivity contribution is -0.138. The third-order valence-corrected chi connectivity index (χ3v) is 4.68. The van der Waals surface area contributed by atoms with Crippen LogP contribution in [0.1, 0.15) is 26.7 Å². The highest BCUT2D eigenvalue weighted by molar-refractivity contribution is 7.98. The Balaban J connectivity index is 4.95. The summed E-state index contributed by atoms with van der Waals surface area (Å²) in [5.41, 5.74) is 5.81. The second-order valence-electron chi connectivity index (χ2n) is 6.11. The van der Waals surface area contributed by atoms with E-state index < -0.39 is 55.0 Å². The lowest BCUT2D eigenvalue weighted by atomic mass is 9.99. The molecule has 11 heteroatoms. The lowest BCUT2D eigenvalue weighted by Crippen LogP contribution is -2.57. The fraction of sp³-hybridized carbons (Fsp3) is 0.750. The SMILES string of the molecule is CCC(C)C(N)C(=O)NC(CO)C(=O)NC(CCSC)C(=O)NCC(=O)O. The second-order valence-corrected chi connectivity index (χ2v) is 7.09. The van der Waals surface area contributed by atoms with Crippen molar-refractivity contribution in [2.45, 2.75) is 44.8 Å². The summed E-state index contributed by atoms with van der Waals surface area (Å²) >= 11 is 1.45. The van der Waals surface area contributed by atoms with Gasteiger partial charge in [0.05, 0.1) is 12.6 Å². The zero-order valence-electron chi connectivity index (χ0n) is 15.9. The van der Waals surface area contributed by atoms with Gasteiger partial charge in [-0.2, -0.15) is 11.8 Å². The van der Waals surface area contributed by atoms with Crippen LogP contribution in [0.15, 0.2) is 0 Å². The highest BCUT2D eigenvalue weighted by atomic mass is 32.2. The number of rotatable bonds is 13. The van der Waals surface area contributed by atoms with Gasteiger partial charge < -0.3 is 31.9 Å². The molecule has 0 aromatic heterocycles. The summed E-state index contributed by atoms with van der Waals surface area (Å²) in [7, 11) is 0. The minimum atomic E-state index is -1.27. The smallest absolute Gasteiger partial charge is 0.322 e. The Hall–Kier alpha value is -1.85. The number of carbonyl (C=O) groups excluding carboxylic acids is 3. The van der Waals surface area contributed by atoms with Crippen LogP contribution < -0.4 is 21.7 Å². The Bertz CT molecular complexity index is 519. The fourth-order valence-electron chi connectivity index (χ4n) is 2.04. The van der Waals surface area contributed by atoms with Crippen LogP contribution in [0.5, 0.6) is 0 Å². The quantitative estimate of drug-likeness (QED) is 0.210. The minimum Gasteiger partial charge on any atom is -0.480 e. The van der Waals surface area contributed by atoms with E-state index in [4.69, 9.17) is 10.8 Å². The van der Waals surface area contributed by atoms with Crippen LogP contribution in [0.2, 0.25) is 0 Å². The number of nitrogens with one attached hydrogen (secondary N) is 3. The summed E-state index contributed by atoms with van der Waals surface area (Å²) in [6, 6.07) is -3.09. The number of hydrogen-bond acceptors (Lipinski definition) is 7. The van der Waals surface area contributed by atoms with Gasteiger partial charge >= 0.3 is 5.97 Å². The third-order valence-electron chi connectivity index (χ3n) is 4.03. The second kappa shape index (κ2) is 13.3. The van der Waals surface area contributed by atoms with Crippen LogP contribution in [0.3, 0.4) is 0 Å². The van der Waals surface area contributed by atoms with Crippen LogP contribution in [-0.2, 0) is 19.2 Å². The monoisotopic (exact) mass is 406 g/mol. The molecule has 0 aliphatic carbocycles. The van der Waals surface area contributed by atoms with E-state index in [9.17, 15) is 24.3 Å². The largest absolute Gasteiger partial charge is 0.480 e. The molecule has 4 atom stereocenters. The predicted molar refractivity (Wildman–Crippen MR) is 102 cm³/mol. The van der Waals surface area contributed by atoms with E-state index in [1.165, 1.54) is 11.8 Å². The van der Waals surface area contributed by atoms with Gasteiger partial charge in [0.15, 0.2) is 0 Å². The molecule has 7 N–H and O–H groups in total. The first-order valence-electron chi connectivity index (χ1n) is 8.63. The molecule has 4 unspecified atom stereocenters. The van der Waals surface area contributed by atoms with Gasteiger partial charge in [-0.05, 0) is 24.3 Å². The molecule has 0 spiro atoms. The van der Waals surface area contributed by atoms with Gasteiger partial charge in [0.1, 0.15) is 18.6 Å². The highest BCUT2D eigenvalue weighted by Gasteiger charge is 2.28. The molecule has 27 heavy (non-hydrogen) atoms. The van der Waals surface area contributed by atoms with E-state index in [0.717, 1.165) is 0 Å². The van der Waals surface area contributed by atoms with Gasteiger partial charge in [-0.25, -0.2) is 0 Å². The molecule has 0 bridgehead atoms. The molecule has 0 aliphatic heterocycles. The van der Waals surface area contributed by atoms with Crippen LogP contribution in [-0.4, -0.2) is 77.2 Å². The number of amides is 3. The van der Waals surface area contributed by atoms with Crippen molar-refractivity contribution in [2.24, 2.45) is 11.7 Å². The van der Waals surface area contributed by atoms with Gasteiger partial charge in [-0.3, -0.25) is 19.2 Å². The average Bonchev–Trinajstić information content (AvgIpc) is 2.65. The maximum atomic E-state index is 12.4. The minimum absolute atomic E-state index is 0.108. The summed E-state index contributed by atoms with van der Waals surface area (Å²) in [5, 5.41) is 25.1. The Kier molecular flexibility index (Phi) is 12.4. The maximum absolute atomic E-state index is 12.4. The number of aliphatic hydroxyl groups is 1. The Morgan fingerprint density at radius 2 is 1.67 bits per heavy atom. The Labute approximate surface area is 163 Å². The highest BCUT2D eigenvalue weighted by Crippen LogP contribution is 2.06. The molecule has 0 radical (unpaired) electrons. The number of aliphatic hydroxyl groups excluding tert-OH is 1. The van der Waals surface area contributed by atoms with E-state index in [-0.39, 0.29) is 12.3 Å². The first-order chi connectivity index (χ1) is 12.7. The van der Waals surface area contributed by atoms with Crippen LogP contribution in [0, 0.1) is 5.92 Å². The summed E-state index contributed by atoms with van der Waals surface area (Å²) in [6.45, 7) is 2.43. The number of carboxylic acid groups (broad SMARTS) is 1. The molecule has 0 aromatic carbocycles. The standard InChI is InChI=1S/C16H30N4O6S/c1-4-9(2)13(17)16(26)20-11(8-21)15(25)19-10(5-6-27-3)14(24)18-7-12(22)23/h9-11,13,21H,4-8,17H2,1-3H3,(H,18,24)(H,19,25)(H,20,26)(H,22,23). The lowest BCUT2D eigenvalue weighted by Gasteiger charge is -2.24. The van der Waals surface area contributed by atoms with Crippen LogP contribution in [0.25, 0.3) is 0 Å². The molecule has 0 aliphatic rings. The topological polar surface area (TPSA) is 171 Å². The first kappa shape index (κ1) is 25.1. The number of hydrogen-bond donors (Lipinski definition) is 6. The molecular weight excluding hydrogens is 376 g/mol. The summed E-state index contributed by atoms with van der Waals surface area (Å²) < 4.78 is 0. The molecule has 3 amide bonds. The van der Waals surface area contributed by atoms with Crippen molar-refractivity contribution < 1.29 is 29.4 Å². The van der Waals surface area contributed by atoms with Gasteiger partial charge in [-0.1, -0.05) is 20.3 Å². The molecule has 0 rings (SSSR count). The molecule has 10 nitrogen and oxygen atoms in total. The zero-order chi connectivity index (χ0) is 21.0. The Morgan fingerprint density at radius 1 is 1.07 bits per heavy atom. The van der Waals surface area contributed by atoms with Crippen molar-refractivity contribution in [1.82, 2.24) is 16.0 Å². The molecule has 0 saturated carbocycles. The molecule has 0 aromatic rings. The van der Waals surface area contributed by atoms with E-state index >= 15 is 0 Å². The van der Waals surface area contributed by atoms with Gasteiger partial charge in [0.2, 0.25) is 17.7 Å². The van der Waals surface area contributed by atoms with Crippen molar-refractivity contribution in [1.29, 1.82) is 0 Å². The Morgan fingerprint density at radius 3 is 2.15 bits per heavy atom. The predicted octanol–water partition coefficient (Wildman–Crippen LogP) is -1.72. The molecule has 0 saturated heterocycles. The summed E-state index contributed by atoms with van der Waals surface area (Å²) in [4.78, 5) is 47.1. The van der Waals surface area contributed by atoms with Crippen molar-refractivity contribution in [3.8, 4) is 0 Å². The maximum Gasteiger partial charge on any atom is 0.322 e. The number of aliphatic carboxylic acids is 1. The number of carbonyl (C=O) groups is 4. The molecule has 0 heterocycles. The number of carboxylic acids is 1. The summed E-state index contributed by atoms with van der Waals surface area (Å²) in [6.07, 6.45) is 2.75. The molecular formula is C16H30N4O6S. The van der Waals surface area contributed by atoms with Gasteiger partial charge in [-0.15, -0.1) is 0 Å². The average molecular weight is 407 g/mol.